The molecule has 0 N–H and O–H groups in total. The molecule has 22 heavy (non-hydrogen) atoms. The minimum atomic E-state index is 0.130. The van der Waals surface area contributed by atoms with Gasteiger partial charge in [-0.1, -0.05) is 12.1 Å². The predicted octanol–water partition coefficient (Wildman–Crippen LogP) is 2.52. The van der Waals surface area contributed by atoms with E-state index in [4.69, 9.17) is 0 Å². The van der Waals surface area contributed by atoms with Gasteiger partial charge in [0.1, 0.15) is 0 Å². The van der Waals surface area contributed by atoms with Crippen LogP contribution in [0.3, 0.4) is 0 Å². The first-order valence-corrected chi connectivity index (χ1v) is 7.61. The number of nitrogens with zero attached hydrogens (tertiary/aromatic N) is 3. The lowest BCUT2D eigenvalue weighted by atomic mass is 10.0. The van der Waals surface area contributed by atoms with E-state index in [1.165, 1.54) is 0 Å². The van der Waals surface area contributed by atoms with E-state index in [1.54, 1.807) is 12.4 Å². The van der Waals surface area contributed by atoms with Crippen LogP contribution in [-0.4, -0.2) is 53.9 Å². The molecule has 0 aliphatic carbocycles. The van der Waals surface area contributed by atoms with Crippen LogP contribution in [0.15, 0.2) is 48.8 Å². The van der Waals surface area contributed by atoms with Crippen LogP contribution in [0.4, 0.5) is 0 Å². The van der Waals surface area contributed by atoms with E-state index in [0.717, 1.165) is 36.2 Å². The Morgan fingerprint density at radius 1 is 1.09 bits per heavy atom. The number of likely N-dealkylation sites (tertiary alicyclic amines) is 1. The number of carbonyl (C=O) groups excluding carboxylic acids is 1. The van der Waals surface area contributed by atoms with Crippen LogP contribution in [0.1, 0.15) is 16.8 Å². The van der Waals surface area contributed by atoms with Gasteiger partial charge in [-0.05, 0) is 55.9 Å². The van der Waals surface area contributed by atoms with Crippen molar-refractivity contribution in [2.75, 3.05) is 27.2 Å². The molecule has 1 fully saturated rings. The summed E-state index contributed by atoms with van der Waals surface area (Å²) in [6.45, 7) is 1.66. The quantitative estimate of drug-likeness (QED) is 0.873. The molecule has 4 nitrogen and oxygen atoms in total. The van der Waals surface area contributed by atoms with Crippen molar-refractivity contribution in [1.82, 2.24) is 14.8 Å². The van der Waals surface area contributed by atoms with Gasteiger partial charge >= 0.3 is 0 Å². The fourth-order valence-corrected chi connectivity index (χ4v) is 2.88. The van der Waals surface area contributed by atoms with Gasteiger partial charge in [-0.25, -0.2) is 0 Å². The number of rotatable bonds is 3. The zero-order valence-electron chi connectivity index (χ0n) is 13.1. The van der Waals surface area contributed by atoms with Gasteiger partial charge in [0, 0.05) is 37.1 Å². The molecule has 0 radical (unpaired) electrons. The lowest BCUT2D eigenvalue weighted by Crippen LogP contribution is -2.34. The Labute approximate surface area is 131 Å². The molecule has 1 aliphatic heterocycles. The summed E-state index contributed by atoms with van der Waals surface area (Å²) in [6, 6.07) is 12.3. The lowest BCUT2D eigenvalue weighted by Gasteiger charge is -2.20. The van der Waals surface area contributed by atoms with Crippen LogP contribution >= 0.6 is 0 Å². The fourth-order valence-electron chi connectivity index (χ4n) is 2.88. The topological polar surface area (TPSA) is 36.4 Å². The monoisotopic (exact) mass is 295 g/mol. The summed E-state index contributed by atoms with van der Waals surface area (Å²) in [5.74, 6) is 0.130. The van der Waals surface area contributed by atoms with E-state index >= 15 is 0 Å². The van der Waals surface area contributed by atoms with E-state index in [2.05, 4.69) is 24.0 Å². The molecule has 3 rings (SSSR count). The molecule has 1 amide bonds. The predicted molar refractivity (Wildman–Crippen MR) is 87.7 cm³/mol. The first kappa shape index (κ1) is 14.7. The summed E-state index contributed by atoms with van der Waals surface area (Å²) in [5, 5.41) is 0. The molecule has 1 unspecified atom stereocenters. The minimum absolute atomic E-state index is 0.130. The second kappa shape index (κ2) is 6.28. The van der Waals surface area contributed by atoms with Gasteiger partial charge in [-0.2, -0.15) is 0 Å². The number of hydrogen-bond donors (Lipinski definition) is 0. The summed E-state index contributed by atoms with van der Waals surface area (Å²) in [6.07, 6.45) is 4.61. The molecule has 2 heterocycles. The molecule has 0 spiro atoms. The average molecular weight is 295 g/mol. The average Bonchev–Trinajstić information content (AvgIpc) is 3.05. The number of aromatic nitrogens is 1. The number of pyridine rings is 1. The molecule has 2 aromatic rings. The molecule has 1 aromatic carbocycles. The minimum Gasteiger partial charge on any atom is -0.337 e. The van der Waals surface area contributed by atoms with E-state index in [-0.39, 0.29) is 5.91 Å². The summed E-state index contributed by atoms with van der Waals surface area (Å²) in [7, 11) is 4.14. The van der Waals surface area contributed by atoms with Crippen molar-refractivity contribution in [1.29, 1.82) is 0 Å². The van der Waals surface area contributed by atoms with E-state index in [9.17, 15) is 4.79 Å². The molecule has 1 saturated heterocycles. The van der Waals surface area contributed by atoms with Crippen molar-refractivity contribution in [2.45, 2.75) is 12.5 Å². The van der Waals surface area contributed by atoms with Gasteiger partial charge in [0.05, 0.1) is 0 Å². The summed E-state index contributed by atoms with van der Waals surface area (Å²) >= 11 is 0. The third-order valence-corrected chi connectivity index (χ3v) is 4.33. The van der Waals surface area contributed by atoms with Crippen molar-refractivity contribution < 1.29 is 4.79 Å². The highest BCUT2D eigenvalue weighted by Gasteiger charge is 2.27. The SMILES string of the molecule is CN(C)C1CCN(C(=O)c2ccc(-c3ccncc3)cc2)C1. The summed E-state index contributed by atoms with van der Waals surface area (Å²) in [4.78, 5) is 20.7. The van der Waals surface area contributed by atoms with Gasteiger partial charge in [-0.3, -0.25) is 9.78 Å². The standard InChI is InChI=1S/C18H21N3O/c1-20(2)17-9-12-21(13-17)18(22)16-5-3-14(4-6-16)15-7-10-19-11-8-15/h3-8,10-11,17H,9,12-13H2,1-2H3. The Morgan fingerprint density at radius 3 is 2.32 bits per heavy atom. The first-order chi connectivity index (χ1) is 10.6. The molecule has 1 aliphatic rings. The molecule has 0 saturated carbocycles. The summed E-state index contributed by atoms with van der Waals surface area (Å²) < 4.78 is 0. The van der Waals surface area contributed by atoms with E-state index < -0.39 is 0 Å². The maximum Gasteiger partial charge on any atom is 0.253 e. The highest BCUT2D eigenvalue weighted by atomic mass is 16.2. The first-order valence-electron chi connectivity index (χ1n) is 7.61. The largest absolute Gasteiger partial charge is 0.337 e. The molecule has 1 atom stereocenters. The van der Waals surface area contributed by atoms with Crippen LogP contribution in [0.5, 0.6) is 0 Å². The molecular formula is C18H21N3O. The Kier molecular flexibility index (Phi) is 4.20. The number of hydrogen-bond acceptors (Lipinski definition) is 3. The Hall–Kier alpha value is -2.20. The van der Waals surface area contributed by atoms with Gasteiger partial charge < -0.3 is 9.80 Å². The van der Waals surface area contributed by atoms with Crippen LogP contribution in [-0.2, 0) is 0 Å². The molecule has 4 heteroatoms. The zero-order chi connectivity index (χ0) is 15.5. The highest BCUT2D eigenvalue weighted by molar-refractivity contribution is 5.95. The van der Waals surface area contributed by atoms with Crippen LogP contribution in [0.25, 0.3) is 11.1 Å². The van der Waals surface area contributed by atoms with Crippen molar-refractivity contribution >= 4 is 5.91 Å². The number of carbonyl (C=O) groups is 1. The van der Waals surface area contributed by atoms with Crippen molar-refractivity contribution in [3.8, 4) is 11.1 Å². The molecular weight excluding hydrogens is 274 g/mol. The Balaban J connectivity index is 1.72. The Bertz CT molecular complexity index is 637. The smallest absolute Gasteiger partial charge is 0.253 e. The summed E-state index contributed by atoms with van der Waals surface area (Å²) in [5.41, 5.74) is 2.98. The van der Waals surface area contributed by atoms with Gasteiger partial charge in [0.2, 0.25) is 0 Å². The van der Waals surface area contributed by atoms with Gasteiger partial charge in [0.15, 0.2) is 0 Å². The maximum atomic E-state index is 12.6. The third-order valence-electron chi connectivity index (χ3n) is 4.33. The molecule has 0 bridgehead atoms. The zero-order valence-corrected chi connectivity index (χ0v) is 13.1. The number of amides is 1. The van der Waals surface area contributed by atoms with Crippen LogP contribution < -0.4 is 0 Å². The van der Waals surface area contributed by atoms with Crippen LogP contribution in [0.2, 0.25) is 0 Å². The Morgan fingerprint density at radius 2 is 1.73 bits per heavy atom. The second-order valence-corrected chi connectivity index (χ2v) is 5.97. The molecule has 1 aromatic heterocycles. The number of benzene rings is 1. The normalized spacial score (nSPS) is 18.0. The molecule has 114 valence electrons. The van der Waals surface area contributed by atoms with E-state index in [1.807, 2.05) is 41.3 Å². The van der Waals surface area contributed by atoms with Gasteiger partial charge in [0.25, 0.3) is 5.91 Å². The van der Waals surface area contributed by atoms with E-state index in [0.29, 0.717) is 6.04 Å². The highest BCUT2D eigenvalue weighted by Crippen LogP contribution is 2.21. The maximum absolute atomic E-state index is 12.6. The second-order valence-electron chi connectivity index (χ2n) is 5.97. The van der Waals surface area contributed by atoms with Gasteiger partial charge in [-0.15, -0.1) is 0 Å². The third kappa shape index (κ3) is 3.02. The van der Waals surface area contributed by atoms with Crippen LogP contribution in [0, 0.1) is 0 Å². The van der Waals surface area contributed by atoms with Crippen molar-refractivity contribution in [3.05, 3.63) is 54.4 Å². The fraction of sp³-hybridized carbons (Fsp3) is 0.333. The van der Waals surface area contributed by atoms with Crippen molar-refractivity contribution in [2.24, 2.45) is 0 Å². The lowest BCUT2D eigenvalue weighted by molar-refractivity contribution is 0.0783. The van der Waals surface area contributed by atoms with Crippen molar-refractivity contribution in [3.63, 3.8) is 0 Å². The number of likely N-dealkylation sites (N-methyl/N-ethyl adjacent to an activating group) is 1.